The Morgan fingerprint density at radius 3 is 2.60 bits per heavy atom. The highest BCUT2D eigenvalue weighted by Crippen LogP contribution is 2.29. The van der Waals surface area contributed by atoms with Crippen molar-refractivity contribution >= 4 is 11.9 Å². The van der Waals surface area contributed by atoms with Gasteiger partial charge in [0.25, 0.3) is 5.91 Å². The highest BCUT2D eigenvalue weighted by atomic mass is 19.1. The van der Waals surface area contributed by atoms with Crippen molar-refractivity contribution < 1.29 is 23.5 Å². The van der Waals surface area contributed by atoms with Crippen LogP contribution in [0.3, 0.4) is 0 Å². The van der Waals surface area contributed by atoms with Gasteiger partial charge in [-0.25, -0.2) is 9.18 Å². The van der Waals surface area contributed by atoms with Gasteiger partial charge in [0.2, 0.25) is 0 Å². The third-order valence-electron chi connectivity index (χ3n) is 4.88. The molecule has 0 unspecified atom stereocenters. The molecule has 0 heterocycles. The number of carbonyl (C=O) groups excluding carboxylic acids is 2. The number of hydrogen-bond acceptors (Lipinski definition) is 4. The summed E-state index contributed by atoms with van der Waals surface area (Å²) in [5.74, 6) is 0.0218. The molecule has 1 amide bonds. The molecule has 0 bridgehead atoms. The van der Waals surface area contributed by atoms with E-state index in [9.17, 15) is 14.0 Å². The Labute approximate surface area is 147 Å². The first-order valence-electron chi connectivity index (χ1n) is 8.75. The molecule has 0 spiro atoms. The van der Waals surface area contributed by atoms with Crippen LogP contribution in [0.2, 0.25) is 0 Å². The second-order valence-electron chi connectivity index (χ2n) is 6.76. The normalized spacial score (nSPS) is 24.2. The second kappa shape index (κ2) is 8.83. The highest BCUT2D eigenvalue weighted by Gasteiger charge is 2.30. The fourth-order valence-corrected chi connectivity index (χ4v) is 3.04. The van der Waals surface area contributed by atoms with Gasteiger partial charge in [-0.3, -0.25) is 4.79 Å². The number of benzene rings is 1. The molecule has 138 valence electrons. The quantitative estimate of drug-likeness (QED) is 0.800. The number of carbonyl (C=O) groups is 2. The molecule has 25 heavy (non-hydrogen) atoms. The molecule has 2 rings (SSSR count). The zero-order valence-corrected chi connectivity index (χ0v) is 15.0. The maximum Gasteiger partial charge on any atom is 0.344 e. The van der Waals surface area contributed by atoms with Crippen LogP contribution in [0.5, 0.6) is 5.75 Å². The summed E-state index contributed by atoms with van der Waals surface area (Å²) in [5, 5.41) is 2.99. The molecule has 0 aliphatic heterocycles. The van der Waals surface area contributed by atoms with Gasteiger partial charge in [0, 0.05) is 6.04 Å². The smallest absolute Gasteiger partial charge is 0.344 e. The third-order valence-corrected chi connectivity index (χ3v) is 4.88. The van der Waals surface area contributed by atoms with Crippen molar-refractivity contribution in [3.63, 3.8) is 0 Å². The predicted octanol–water partition coefficient (Wildman–Crippen LogP) is 3.08. The zero-order valence-electron chi connectivity index (χ0n) is 15.0. The Balaban J connectivity index is 1.75. The number of rotatable bonds is 6. The number of ether oxygens (including phenoxy) is 2. The van der Waals surface area contributed by atoms with E-state index in [4.69, 9.17) is 9.47 Å². The number of nitrogens with one attached hydrogen (secondary N) is 1. The van der Waals surface area contributed by atoms with E-state index in [2.05, 4.69) is 19.2 Å². The lowest BCUT2D eigenvalue weighted by atomic mass is 9.78. The summed E-state index contributed by atoms with van der Waals surface area (Å²) in [6.07, 6.45) is 2.34. The molecular weight excluding hydrogens is 325 g/mol. The van der Waals surface area contributed by atoms with Crippen LogP contribution < -0.4 is 10.1 Å². The van der Waals surface area contributed by atoms with Crippen molar-refractivity contribution in [1.82, 2.24) is 5.32 Å². The first-order chi connectivity index (χ1) is 11.9. The van der Waals surface area contributed by atoms with E-state index in [1.807, 2.05) is 0 Å². The maximum atomic E-state index is 12.8. The predicted molar refractivity (Wildman–Crippen MR) is 91.6 cm³/mol. The summed E-state index contributed by atoms with van der Waals surface area (Å²) >= 11 is 0. The van der Waals surface area contributed by atoms with Gasteiger partial charge < -0.3 is 14.8 Å². The largest absolute Gasteiger partial charge is 0.482 e. The summed E-state index contributed by atoms with van der Waals surface area (Å²) in [7, 11) is 0. The average Bonchev–Trinajstić information content (AvgIpc) is 2.58. The molecule has 6 heteroatoms. The van der Waals surface area contributed by atoms with Gasteiger partial charge in [0.05, 0.1) is 0 Å². The Bertz CT molecular complexity index is 590. The van der Waals surface area contributed by atoms with E-state index in [1.54, 1.807) is 6.92 Å². The Hall–Kier alpha value is -2.11. The Morgan fingerprint density at radius 1 is 1.24 bits per heavy atom. The molecule has 1 fully saturated rings. The zero-order chi connectivity index (χ0) is 18.4. The van der Waals surface area contributed by atoms with Gasteiger partial charge in [0.15, 0.2) is 12.7 Å². The fourth-order valence-electron chi connectivity index (χ4n) is 3.04. The van der Waals surface area contributed by atoms with Crippen LogP contribution in [0.15, 0.2) is 24.3 Å². The minimum absolute atomic E-state index is 0.118. The van der Waals surface area contributed by atoms with Crippen LogP contribution in [-0.2, 0) is 14.3 Å². The molecule has 1 aliphatic rings. The molecule has 1 aromatic carbocycles. The highest BCUT2D eigenvalue weighted by molar-refractivity contribution is 5.83. The van der Waals surface area contributed by atoms with Gasteiger partial charge in [-0.1, -0.05) is 26.7 Å². The molecule has 0 aromatic heterocycles. The SMILES string of the molecule is C[C@@H]1[C@H](C)CCC[C@H]1NC(=O)[C@@H](C)OC(=O)COc1ccc(F)cc1. The first kappa shape index (κ1) is 19.2. The lowest BCUT2D eigenvalue weighted by Gasteiger charge is -2.35. The van der Waals surface area contributed by atoms with E-state index >= 15 is 0 Å². The van der Waals surface area contributed by atoms with Crippen LogP contribution in [0.1, 0.15) is 40.0 Å². The molecule has 1 aliphatic carbocycles. The molecule has 4 atom stereocenters. The van der Waals surface area contributed by atoms with Crippen molar-refractivity contribution in [3.8, 4) is 5.75 Å². The first-order valence-corrected chi connectivity index (χ1v) is 8.75. The summed E-state index contributed by atoms with van der Waals surface area (Å²) in [4.78, 5) is 24.0. The Kier molecular flexibility index (Phi) is 6.79. The van der Waals surface area contributed by atoms with Crippen LogP contribution in [0, 0.1) is 17.7 Å². The molecule has 0 saturated heterocycles. The van der Waals surface area contributed by atoms with Crippen molar-refractivity contribution in [3.05, 3.63) is 30.1 Å². The second-order valence-corrected chi connectivity index (χ2v) is 6.76. The van der Waals surface area contributed by atoms with Gasteiger partial charge >= 0.3 is 5.97 Å². The molecule has 1 aromatic rings. The van der Waals surface area contributed by atoms with Gasteiger partial charge in [0.1, 0.15) is 11.6 Å². The summed E-state index contributed by atoms with van der Waals surface area (Å²) in [5.41, 5.74) is 0. The maximum absolute atomic E-state index is 12.8. The molecule has 1 saturated carbocycles. The minimum atomic E-state index is -0.881. The molecule has 5 nitrogen and oxygen atoms in total. The van der Waals surface area contributed by atoms with Crippen LogP contribution >= 0.6 is 0 Å². The van der Waals surface area contributed by atoms with Gasteiger partial charge in [-0.15, -0.1) is 0 Å². The van der Waals surface area contributed by atoms with E-state index < -0.39 is 12.1 Å². The van der Waals surface area contributed by atoms with E-state index in [1.165, 1.54) is 30.7 Å². The van der Waals surface area contributed by atoms with Crippen LogP contribution in [0.4, 0.5) is 4.39 Å². The average molecular weight is 351 g/mol. The van der Waals surface area contributed by atoms with Crippen molar-refractivity contribution in [2.75, 3.05) is 6.61 Å². The number of halogens is 1. The minimum Gasteiger partial charge on any atom is -0.482 e. The summed E-state index contributed by atoms with van der Waals surface area (Å²) in [6, 6.07) is 5.44. The molecule has 1 N–H and O–H groups in total. The van der Waals surface area contributed by atoms with Gasteiger partial charge in [-0.05, 0) is 49.4 Å². The lowest BCUT2D eigenvalue weighted by molar-refractivity contribution is -0.157. The van der Waals surface area contributed by atoms with Crippen molar-refractivity contribution in [2.45, 2.75) is 52.2 Å². The van der Waals surface area contributed by atoms with Crippen LogP contribution in [0.25, 0.3) is 0 Å². The molecule has 0 radical (unpaired) electrons. The van der Waals surface area contributed by atoms with E-state index in [0.717, 1.165) is 12.8 Å². The number of hydrogen-bond donors (Lipinski definition) is 1. The third kappa shape index (κ3) is 5.73. The fraction of sp³-hybridized carbons (Fsp3) is 0.579. The Morgan fingerprint density at radius 2 is 1.92 bits per heavy atom. The van der Waals surface area contributed by atoms with Gasteiger partial charge in [-0.2, -0.15) is 0 Å². The summed E-state index contributed by atoms with van der Waals surface area (Å²) < 4.78 is 23.1. The lowest BCUT2D eigenvalue weighted by Crippen LogP contribution is -2.47. The summed E-state index contributed by atoms with van der Waals surface area (Å²) in [6.45, 7) is 5.55. The molecular formula is C19H26FNO4. The standard InChI is InChI=1S/C19H26FNO4/c1-12-5-4-6-17(13(12)2)21-19(23)14(3)25-18(22)11-24-16-9-7-15(20)8-10-16/h7-10,12-14,17H,4-6,11H2,1-3H3,(H,21,23)/t12-,13-,14-,17-/m1/s1. The monoisotopic (exact) mass is 351 g/mol. The van der Waals surface area contributed by atoms with Crippen molar-refractivity contribution in [1.29, 1.82) is 0 Å². The number of amides is 1. The van der Waals surface area contributed by atoms with Crippen LogP contribution in [-0.4, -0.2) is 30.6 Å². The van der Waals surface area contributed by atoms with E-state index in [-0.39, 0.29) is 24.4 Å². The number of esters is 1. The van der Waals surface area contributed by atoms with Crippen molar-refractivity contribution in [2.24, 2.45) is 11.8 Å². The van der Waals surface area contributed by atoms with E-state index in [0.29, 0.717) is 17.6 Å². The topological polar surface area (TPSA) is 64.6 Å².